The van der Waals surface area contributed by atoms with Crippen LogP contribution in [0.5, 0.6) is 5.75 Å². The monoisotopic (exact) mass is 315 g/mol. The van der Waals surface area contributed by atoms with Crippen LogP contribution in [-0.2, 0) is 11.2 Å². The minimum atomic E-state index is -0.638. The van der Waals surface area contributed by atoms with E-state index in [4.69, 9.17) is 4.74 Å². The van der Waals surface area contributed by atoms with Gasteiger partial charge in [0, 0.05) is 18.5 Å². The molecule has 3 rings (SSSR count). The zero-order chi connectivity index (χ0) is 16.2. The van der Waals surface area contributed by atoms with Crippen LogP contribution in [0.4, 0.5) is 4.39 Å². The number of halogens is 1. The van der Waals surface area contributed by atoms with Crippen molar-refractivity contribution in [2.24, 2.45) is 0 Å². The molecule has 1 aliphatic heterocycles. The highest BCUT2D eigenvalue weighted by atomic mass is 19.1. The molecule has 0 aromatic heterocycles. The van der Waals surface area contributed by atoms with E-state index >= 15 is 0 Å². The molecule has 0 saturated carbocycles. The van der Waals surface area contributed by atoms with Crippen molar-refractivity contribution in [3.05, 3.63) is 65.5 Å². The average Bonchev–Trinajstić information content (AvgIpc) is 2.98. The number of rotatable bonds is 5. The summed E-state index contributed by atoms with van der Waals surface area (Å²) in [6.45, 7) is 0.347. The van der Waals surface area contributed by atoms with Crippen LogP contribution in [-0.4, -0.2) is 23.7 Å². The maximum Gasteiger partial charge on any atom is 0.261 e. The van der Waals surface area contributed by atoms with Gasteiger partial charge in [-0.1, -0.05) is 30.3 Å². The van der Waals surface area contributed by atoms with Crippen LogP contribution in [0.25, 0.3) is 0 Å². The van der Waals surface area contributed by atoms with Crippen LogP contribution in [0.2, 0.25) is 0 Å². The topological polar surface area (TPSA) is 58.6 Å². The number of amides is 1. The second kappa shape index (κ2) is 6.79. The second-order valence-corrected chi connectivity index (χ2v) is 5.57. The van der Waals surface area contributed by atoms with Crippen molar-refractivity contribution in [3.8, 4) is 5.75 Å². The Hall–Kier alpha value is -2.40. The van der Waals surface area contributed by atoms with E-state index in [1.165, 1.54) is 18.2 Å². The van der Waals surface area contributed by atoms with Gasteiger partial charge in [-0.25, -0.2) is 4.39 Å². The summed E-state index contributed by atoms with van der Waals surface area (Å²) in [4.78, 5) is 12.1. The third-order valence-corrected chi connectivity index (χ3v) is 3.89. The number of fused-ring (bicyclic) bond motifs is 1. The highest BCUT2D eigenvalue weighted by Gasteiger charge is 2.29. The predicted octanol–water partition coefficient (Wildman–Crippen LogP) is 2.37. The first-order valence-electron chi connectivity index (χ1n) is 7.59. The summed E-state index contributed by atoms with van der Waals surface area (Å²) in [5.74, 6) is -0.0304. The van der Waals surface area contributed by atoms with Gasteiger partial charge in [0.2, 0.25) is 0 Å². The van der Waals surface area contributed by atoms with Gasteiger partial charge >= 0.3 is 0 Å². The molecule has 1 heterocycles. The molecule has 0 aliphatic carbocycles. The fraction of sp³-hybridized carbons (Fsp3) is 0.278. The molecule has 0 spiro atoms. The highest BCUT2D eigenvalue weighted by molar-refractivity contribution is 5.82. The molecule has 1 amide bonds. The van der Waals surface area contributed by atoms with Crippen LogP contribution < -0.4 is 10.1 Å². The summed E-state index contributed by atoms with van der Waals surface area (Å²) >= 11 is 0. The SMILES string of the molecule is O=C(NCCC(O)c1ccccc1)C1Cc2cc(F)ccc2O1. The number of nitrogens with one attached hydrogen (secondary N) is 1. The summed E-state index contributed by atoms with van der Waals surface area (Å²) in [6, 6.07) is 13.5. The lowest BCUT2D eigenvalue weighted by Crippen LogP contribution is -2.38. The Morgan fingerprint density at radius 2 is 2.09 bits per heavy atom. The molecule has 5 heteroatoms. The molecule has 23 heavy (non-hydrogen) atoms. The third kappa shape index (κ3) is 3.68. The molecular formula is C18H18FNO3. The smallest absolute Gasteiger partial charge is 0.261 e. The maximum absolute atomic E-state index is 13.2. The molecule has 0 fully saturated rings. The Morgan fingerprint density at radius 1 is 1.30 bits per heavy atom. The number of benzene rings is 2. The van der Waals surface area contributed by atoms with Gasteiger partial charge < -0.3 is 15.2 Å². The number of aliphatic hydroxyl groups excluding tert-OH is 1. The first-order valence-corrected chi connectivity index (χ1v) is 7.59. The minimum absolute atomic E-state index is 0.248. The first kappa shape index (κ1) is 15.5. The van der Waals surface area contributed by atoms with Gasteiger partial charge in [0.25, 0.3) is 5.91 Å². The Kier molecular flexibility index (Phi) is 4.57. The van der Waals surface area contributed by atoms with Crippen LogP contribution >= 0.6 is 0 Å². The summed E-state index contributed by atoms with van der Waals surface area (Å²) < 4.78 is 18.7. The normalized spacial score (nSPS) is 17.2. The molecule has 1 aliphatic rings. The van der Waals surface area contributed by atoms with E-state index in [1.807, 2.05) is 30.3 Å². The number of carbonyl (C=O) groups is 1. The molecule has 2 atom stereocenters. The molecule has 120 valence electrons. The largest absolute Gasteiger partial charge is 0.480 e. The number of carbonyl (C=O) groups excluding carboxylic acids is 1. The number of hydrogen-bond donors (Lipinski definition) is 2. The van der Waals surface area contributed by atoms with Crippen LogP contribution in [0.15, 0.2) is 48.5 Å². The van der Waals surface area contributed by atoms with Crippen LogP contribution in [0.1, 0.15) is 23.7 Å². The molecule has 2 aromatic carbocycles. The van der Waals surface area contributed by atoms with E-state index in [2.05, 4.69) is 5.32 Å². The Balaban J connectivity index is 1.48. The lowest BCUT2D eigenvalue weighted by Gasteiger charge is -2.14. The lowest BCUT2D eigenvalue weighted by atomic mass is 10.1. The van der Waals surface area contributed by atoms with E-state index in [9.17, 15) is 14.3 Å². The second-order valence-electron chi connectivity index (χ2n) is 5.57. The molecule has 0 saturated heterocycles. The number of hydrogen-bond acceptors (Lipinski definition) is 3. The third-order valence-electron chi connectivity index (χ3n) is 3.89. The molecule has 0 radical (unpaired) electrons. The van der Waals surface area contributed by atoms with Gasteiger partial charge in [-0.05, 0) is 30.2 Å². The van der Waals surface area contributed by atoms with Crippen molar-refractivity contribution in [1.82, 2.24) is 5.32 Å². The van der Waals surface area contributed by atoms with Gasteiger partial charge in [0.05, 0.1) is 6.10 Å². The lowest BCUT2D eigenvalue weighted by molar-refractivity contribution is -0.127. The van der Waals surface area contributed by atoms with E-state index < -0.39 is 12.2 Å². The predicted molar refractivity (Wildman–Crippen MR) is 83.5 cm³/mol. The fourth-order valence-corrected chi connectivity index (χ4v) is 2.65. The summed E-state index contributed by atoms with van der Waals surface area (Å²) in [7, 11) is 0. The number of aliphatic hydroxyl groups is 1. The molecular weight excluding hydrogens is 297 g/mol. The van der Waals surface area contributed by atoms with Crippen molar-refractivity contribution in [2.45, 2.75) is 25.0 Å². The van der Waals surface area contributed by atoms with Gasteiger partial charge in [0.15, 0.2) is 6.10 Å². The van der Waals surface area contributed by atoms with E-state index in [1.54, 1.807) is 0 Å². The molecule has 2 N–H and O–H groups in total. The Labute approximate surface area is 133 Å². The van der Waals surface area contributed by atoms with Crippen molar-refractivity contribution in [1.29, 1.82) is 0 Å². The van der Waals surface area contributed by atoms with Crippen LogP contribution in [0, 0.1) is 5.82 Å². The zero-order valence-electron chi connectivity index (χ0n) is 12.5. The van der Waals surface area contributed by atoms with Gasteiger partial charge in [-0.15, -0.1) is 0 Å². The van der Waals surface area contributed by atoms with Crippen LogP contribution in [0.3, 0.4) is 0 Å². The summed E-state index contributed by atoms with van der Waals surface area (Å²) in [5, 5.41) is 12.8. The first-order chi connectivity index (χ1) is 11.1. The fourth-order valence-electron chi connectivity index (χ4n) is 2.65. The van der Waals surface area contributed by atoms with Gasteiger partial charge in [0.1, 0.15) is 11.6 Å². The quantitative estimate of drug-likeness (QED) is 0.890. The average molecular weight is 315 g/mol. The van der Waals surface area contributed by atoms with E-state index in [0.29, 0.717) is 30.7 Å². The molecule has 2 aromatic rings. The number of ether oxygens (including phenoxy) is 1. The van der Waals surface area contributed by atoms with Gasteiger partial charge in [-0.3, -0.25) is 4.79 Å². The van der Waals surface area contributed by atoms with Crippen molar-refractivity contribution in [2.75, 3.05) is 6.54 Å². The molecule has 2 unspecified atom stereocenters. The standard InChI is InChI=1S/C18H18FNO3/c19-14-6-7-16-13(10-14)11-17(23-16)18(22)20-9-8-15(21)12-4-2-1-3-5-12/h1-7,10,15,17,21H,8-9,11H2,(H,20,22). The Morgan fingerprint density at radius 3 is 2.87 bits per heavy atom. The zero-order valence-corrected chi connectivity index (χ0v) is 12.5. The highest BCUT2D eigenvalue weighted by Crippen LogP contribution is 2.29. The Bertz CT molecular complexity index is 690. The van der Waals surface area contributed by atoms with E-state index in [-0.39, 0.29) is 11.7 Å². The van der Waals surface area contributed by atoms with Crippen molar-refractivity contribution in [3.63, 3.8) is 0 Å². The maximum atomic E-state index is 13.2. The summed E-state index contributed by atoms with van der Waals surface area (Å²) in [5.41, 5.74) is 1.52. The molecule has 4 nitrogen and oxygen atoms in total. The molecule has 0 bridgehead atoms. The minimum Gasteiger partial charge on any atom is -0.480 e. The van der Waals surface area contributed by atoms with Gasteiger partial charge in [-0.2, -0.15) is 0 Å². The van der Waals surface area contributed by atoms with Crippen molar-refractivity contribution < 1.29 is 19.0 Å². The van der Waals surface area contributed by atoms with Crippen molar-refractivity contribution >= 4 is 5.91 Å². The van der Waals surface area contributed by atoms with E-state index in [0.717, 1.165) is 5.56 Å². The summed E-state index contributed by atoms with van der Waals surface area (Å²) in [6.07, 6.45) is -0.475.